The van der Waals surface area contributed by atoms with Gasteiger partial charge in [-0.2, -0.15) is 0 Å². The molecule has 7 heteroatoms. The van der Waals surface area contributed by atoms with Gasteiger partial charge in [-0.1, -0.05) is 23.2 Å². The van der Waals surface area contributed by atoms with Crippen molar-refractivity contribution in [1.82, 2.24) is 14.9 Å². The fourth-order valence-corrected chi connectivity index (χ4v) is 3.39. The maximum absolute atomic E-state index is 12.8. The highest BCUT2D eigenvalue weighted by atomic mass is 35.5. The van der Waals surface area contributed by atoms with Gasteiger partial charge in [-0.05, 0) is 51.5 Å². The number of pyridine rings is 2. The highest BCUT2D eigenvalue weighted by Gasteiger charge is 2.42. The predicted molar refractivity (Wildman–Crippen MR) is 102 cm³/mol. The van der Waals surface area contributed by atoms with Gasteiger partial charge in [0.25, 0.3) is 0 Å². The third-order valence-electron chi connectivity index (χ3n) is 4.21. The Hall–Kier alpha value is -1.85. The number of carbonyl (C=O) groups is 1. The molecule has 2 aromatic rings. The summed E-state index contributed by atoms with van der Waals surface area (Å²) in [6.45, 7) is 6.14. The fourth-order valence-electron chi connectivity index (χ4n) is 3.16. The van der Waals surface area contributed by atoms with E-state index >= 15 is 0 Å². The Bertz CT molecular complexity index is 773. The highest BCUT2D eigenvalue weighted by Crippen LogP contribution is 2.43. The maximum atomic E-state index is 12.8. The second kappa shape index (κ2) is 7.41. The standard InChI is InChI=1S/C19H21Cl2N3O2/c1-19(2,3)26-18(25)24-9-8-14(15-6-4-12(20)10-22-15)17(24)16-7-5-13(21)11-23-16/h4-7,10-11,14,17H,8-9H2,1-3H3. The minimum Gasteiger partial charge on any atom is -0.444 e. The Morgan fingerprint density at radius 1 is 1.08 bits per heavy atom. The first kappa shape index (κ1) is 18.9. The zero-order valence-corrected chi connectivity index (χ0v) is 16.5. The van der Waals surface area contributed by atoms with Crippen LogP contribution in [0.25, 0.3) is 0 Å². The van der Waals surface area contributed by atoms with E-state index in [-0.39, 0.29) is 18.1 Å². The van der Waals surface area contributed by atoms with Crippen LogP contribution in [0.3, 0.4) is 0 Å². The van der Waals surface area contributed by atoms with Crippen LogP contribution in [0.1, 0.15) is 50.5 Å². The number of amides is 1. The average molecular weight is 394 g/mol. The summed E-state index contributed by atoms with van der Waals surface area (Å²) in [6, 6.07) is 7.07. The van der Waals surface area contributed by atoms with E-state index in [0.29, 0.717) is 16.6 Å². The SMILES string of the molecule is CC(C)(C)OC(=O)N1CCC(c2ccc(Cl)cn2)C1c1ccc(Cl)cn1. The van der Waals surface area contributed by atoms with Crippen molar-refractivity contribution in [2.75, 3.05) is 6.54 Å². The predicted octanol–water partition coefficient (Wildman–Crippen LogP) is 5.25. The van der Waals surface area contributed by atoms with Gasteiger partial charge in [0.05, 0.1) is 21.8 Å². The van der Waals surface area contributed by atoms with Gasteiger partial charge in [0.2, 0.25) is 0 Å². The molecule has 3 heterocycles. The van der Waals surface area contributed by atoms with E-state index in [0.717, 1.165) is 17.8 Å². The van der Waals surface area contributed by atoms with Gasteiger partial charge < -0.3 is 4.74 Å². The number of ether oxygens (including phenoxy) is 1. The van der Waals surface area contributed by atoms with E-state index in [2.05, 4.69) is 9.97 Å². The third kappa shape index (κ3) is 4.27. The highest BCUT2D eigenvalue weighted by molar-refractivity contribution is 6.30. The largest absolute Gasteiger partial charge is 0.444 e. The number of carbonyl (C=O) groups excluding carboxylic acids is 1. The van der Waals surface area contributed by atoms with Gasteiger partial charge in [0, 0.05) is 30.6 Å². The molecule has 1 saturated heterocycles. The van der Waals surface area contributed by atoms with Crippen LogP contribution in [-0.4, -0.2) is 33.1 Å². The molecular formula is C19H21Cl2N3O2. The van der Waals surface area contributed by atoms with Crippen LogP contribution in [-0.2, 0) is 4.74 Å². The molecule has 1 aliphatic heterocycles. The summed E-state index contributed by atoms with van der Waals surface area (Å²) >= 11 is 11.9. The van der Waals surface area contributed by atoms with Crippen molar-refractivity contribution in [3.63, 3.8) is 0 Å². The lowest BCUT2D eigenvalue weighted by molar-refractivity contribution is 0.0214. The van der Waals surface area contributed by atoms with Crippen LogP contribution in [0.5, 0.6) is 0 Å². The molecule has 0 radical (unpaired) electrons. The van der Waals surface area contributed by atoms with Gasteiger partial charge >= 0.3 is 6.09 Å². The second-order valence-electron chi connectivity index (χ2n) is 7.32. The number of likely N-dealkylation sites (tertiary alicyclic amines) is 1. The first-order valence-electron chi connectivity index (χ1n) is 8.47. The summed E-state index contributed by atoms with van der Waals surface area (Å²) < 4.78 is 5.59. The number of hydrogen-bond acceptors (Lipinski definition) is 4. The monoisotopic (exact) mass is 393 g/mol. The molecule has 5 nitrogen and oxygen atoms in total. The minimum absolute atomic E-state index is 0.00783. The minimum atomic E-state index is -0.564. The normalized spacial score (nSPS) is 20.3. The molecule has 3 rings (SSSR count). The number of aromatic nitrogens is 2. The quantitative estimate of drug-likeness (QED) is 0.698. The van der Waals surface area contributed by atoms with Crippen LogP contribution in [0.4, 0.5) is 4.79 Å². The summed E-state index contributed by atoms with van der Waals surface area (Å²) in [5.41, 5.74) is 1.08. The van der Waals surface area contributed by atoms with Crippen molar-refractivity contribution in [3.05, 3.63) is 58.1 Å². The average Bonchev–Trinajstić information content (AvgIpc) is 3.00. The Morgan fingerprint density at radius 3 is 2.15 bits per heavy atom. The van der Waals surface area contributed by atoms with Gasteiger partial charge in [-0.3, -0.25) is 14.9 Å². The molecule has 1 amide bonds. The lowest BCUT2D eigenvalue weighted by atomic mass is 9.93. The smallest absolute Gasteiger partial charge is 0.410 e. The van der Waals surface area contributed by atoms with E-state index in [1.54, 1.807) is 23.4 Å². The molecule has 1 aliphatic rings. The number of nitrogens with zero attached hydrogens (tertiary/aromatic N) is 3. The zero-order chi connectivity index (χ0) is 18.9. The van der Waals surface area contributed by atoms with Crippen molar-refractivity contribution in [3.8, 4) is 0 Å². The Labute approximate surface area is 163 Å². The van der Waals surface area contributed by atoms with E-state index in [1.165, 1.54) is 0 Å². The van der Waals surface area contributed by atoms with Gasteiger partial charge in [0.15, 0.2) is 0 Å². The summed E-state index contributed by atoms with van der Waals surface area (Å²) in [6.07, 6.45) is 3.63. The van der Waals surface area contributed by atoms with Gasteiger partial charge in [0.1, 0.15) is 5.60 Å². The number of hydrogen-bond donors (Lipinski definition) is 0. The van der Waals surface area contributed by atoms with Gasteiger partial charge in [-0.25, -0.2) is 4.79 Å². The molecule has 0 aliphatic carbocycles. The van der Waals surface area contributed by atoms with Crippen LogP contribution in [0.2, 0.25) is 10.0 Å². The molecule has 2 unspecified atom stereocenters. The Kier molecular flexibility index (Phi) is 5.39. The lowest BCUT2D eigenvalue weighted by Gasteiger charge is -2.30. The van der Waals surface area contributed by atoms with E-state index in [4.69, 9.17) is 27.9 Å². The molecule has 0 spiro atoms. The van der Waals surface area contributed by atoms with Crippen LogP contribution >= 0.6 is 23.2 Å². The lowest BCUT2D eigenvalue weighted by Crippen LogP contribution is -2.37. The molecule has 138 valence electrons. The maximum Gasteiger partial charge on any atom is 0.410 e. The molecule has 0 aromatic carbocycles. The van der Waals surface area contributed by atoms with Crippen molar-refractivity contribution >= 4 is 29.3 Å². The fraction of sp³-hybridized carbons (Fsp3) is 0.421. The summed E-state index contributed by atoms with van der Waals surface area (Å²) in [7, 11) is 0. The van der Waals surface area contributed by atoms with E-state index in [9.17, 15) is 4.79 Å². The molecule has 1 fully saturated rings. The van der Waals surface area contributed by atoms with E-state index in [1.807, 2.05) is 39.0 Å². The molecular weight excluding hydrogens is 373 g/mol. The molecule has 0 bridgehead atoms. The van der Waals surface area contributed by atoms with Crippen molar-refractivity contribution in [2.24, 2.45) is 0 Å². The van der Waals surface area contributed by atoms with Crippen molar-refractivity contribution < 1.29 is 9.53 Å². The number of halogens is 2. The molecule has 2 aromatic heterocycles. The van der Waals surface area contributed by atoms with Crippen LogP contribution in [0.15, 0.2) is 36.7 Å². The molecule has 0 saturated carbocycles. The van der Waals surface area contributed by atoms with Crippen molar-refractivity contribution in [2.45, 2.75) is 44.8 Å². The van der Waals surface area contributed by atoms with Crippen LogP contribution < -0.4 is 0 Å². The zero-order valence-electron chi connectivity index (χ0n) is 14.9. The third-order valence-corrected chi connectivity index (χ3v) is 4.66. The first-order chi connectivity index (χ1) is 12.2. The first-order valence-corrected chi connectivity index (χ1v) is 9.23. The molecule has 0 N–H and O–H groups in total. The number of rotatable bonds is 2. The summed E-state index contributed by atoms with van der Waals surface area (Å²) in [4.78, 5) is 23.4. The van der Waals surface area contributed by atoms with Crippen molar-refractivity contribution in [1.29, 1.82) is 0 Å². The Morgan fingerprint density at radius 2 is 1.65 bits per heavy atom. The Balaban J connectivity index is 1.96. The summed E-state index contributed by atoms with van der Waals surface area (Å²) in [5.74, 6) is 0.00783. The summed E-state index contributed by atoms with van der Waals surface area (Å²) in [5, 5.41) is 1.13. The van der Waals surface area contributed by atoms with E-state index < -0.39 is 5.60 Å². The van der Waals surface area contributed by atoms with Crippen LogP contribution in [0, 0.1) is 0 Å². The van der Waals surface area contributed by atoms with Gasteiger partial charge in [-0.15, -0.1) is 0 Å². The molecule has 2 atom stereocenters. The topological polar surface area (TPSA) is 55.3 Å². The molecule has 26 heavy (non-hydrogen) atoms. The second-order valence-corrected chi connectivity index (χ2v) is 8.19.